The Morgan fingerprint density at radius 1 is 1.03 bits per heavy atom. The molecule has 1 fully saturated rings. The number of rotatable bonds is 7. The molecule has 160 valence electrons. The number of carbonyl (C=O) groups is 1. The van der Waals surface area contributed by atoms with E-state index in [1.165, 1.54) is 11.8 Å². The maximum Gasteiger partial charge on any atom is 0.274 e. The van der Waals surface area contributed by atoms with Crippen LogP contribution in [-0.4, -0.2) is 47.3 Å². The minimum Gasteiger partial charge on any atom is -0.489 e. The summed E-state index contributed by atoms with van der Waals surface area (Å²) in [5, 5.41) is 8.78. The molecule has 0 spiro atoms. The number of aromatic nitrogens is 1. The lowest BCUT2D eigenvalue weighted by Crippen LogP contribution is -2.35. The molecule has 0 atom stereocenters. The van der Waals surface area contributed by atoms with Gasteiger partial charge in [-0.3, -0.25) is 19.9 Å². The van der Waals surface area contributed by atoms with E-state index >= 15 is 0 Å². The summed E-state index contributed by atoms with van der Waals surface area (Å²) in [7, 11) is 0. The van der Waals surface area contributed by atoms with E-state index in [1.54, 1.807) is 17.6 Å². The molecule has 3 aromatic rings. The van der Waals surface area contributed by atoms with Crippen LogP contribution in [-0.2, 0) is 17.9 Å². The highest BCUT2D eigenvalue weighted by atomic mass is 16.5. The average molecular weight is 419 g/mol. The van der Waals surface area contributed by atoms with Crippen LogP contribution in [0.4, 0.5) is 0 Å². The first-order valence-electron chi connectivity index (χ1n) is 10.2. The van der Waals surface area contributed by atoms with Gasteiger partial charge in [0.05, 0.1) is 18.9 Å². The van der Waals surface area contributed by atoms with Gasteiger partial charge in [0.15, 0.2) is 0 Å². The van der Waals surface area contributed by atoms with Crippen LogP contribution >= 0.6 is 0 Å². The number of amides is 1. The molecule has 2 aromatic carbocycles. The number of hydroxylamine groups is 1. The highest BCUT2D eigenvalue weighted by molar-refractivity contribution is 5.94. The lowest BCUT2D eigenvalue weighted by atomic mass is 10.1. The highest BCUT2D eigenvalue weighted by Crippen LogP contribution is 2.22. The molecule has 4 rings (SSSR count). The van der Waals surface area contributed by atoms with E-state index in [1.807, 2.05) is 24.3 Å². The second kappa shape index (κ2) is 10.2. The molecule has 1 amide bonds. The topological polar surface area (TPSA) is 83.9 Å². The fourth-order valence-electron chi connectivity index (χ4n) is 3.44. The van der Waals surface area contributed by atoms with Gasteiger partial charge in [0.1, 0.15) is 12.4 Å². The van der Waals surface area contributed by atoms with Gasteiger partial charge in [0, 0.05) is 37.0 Å². The van der Waals surface area contributed by atoms with Crippen LogP contribution in [0.5, 0.6) is 5.75 Å². The zero-order valence-electron chi connectivity index (χ0n) is 17.2. The molecule has 0 saturated carbocycles. The van der Waals surface area contributed by atoms with Crippen molar-refractivity contribution in [2.75, 3.05) is 26.3 Å². The summed E-state index contributed by atoms with van der Waals surface area (Å²) >= 11 is 0. The Bertz CT molecular complexity index is 1000. The summed E-state index contributed by atoms with van der Waals surface area (Å²) < 4.78 is 11.3. The van der Waals surface area contributed by atoms with Gasteiger partial charge in [-0.25, -0.2) is 5.48 Å². The number of ether oxygens (including phenoxy) is 2. The molecule has 7 heteroatoms. The lowest BCUT2D eigenvalue weighted by Gasteiger charge is -2.26. The van der Waals surface area contributed by atoms with E-state index < -0.39 is 5.91 Å². The molecular weight excluding hydrogens is 394 g/mol. The van der Waals surface area contributed by atoms with E-state index in [2.05, 4.69) is 34.1 Å². The van der Waals surface area contributed by atoms with Gasteiger partial charge in [-0.2, -0.15) is 0 Å². The lowest BCUT2D eigenvalue weighted by molar-refractivity contribution is 0.0342. The Hall–Kier alpha value is -3.26. The Morgan fingerprint density at radius 3 is 2.45 bits per heavy atom. The summed E-state index contributed by atoms with van der Waals surface area (Å²) in [4.78, 5) is 18.3. The Kier molecular flexibility index (Phi) is 6.89. The number of hydrogen-bond acceptors (Lipinski definition) is 6. The Labute approximate surface area is 181 Å². The Morgan fingerprint density at radius 2 is 1.74 bits per heavy atom. The van der Waals surface area contributed by atoms with E-state index in [0.717, 1.165) is 49.7 Å². The molecule has 7 nitrogen and oxygen atoms in total. The van der Waals surface area contributed by atoms with Crippen molar-refractivity contribution in [3.05, 3.63) is 83.6 Å². The first-order valence-corrected chi connectivity index (χ1v) is 10.2. The quantitative estimate of drug-likeness (QED) is 0.452. The molecule has 1 saturated heterocycles. The fourth-order valence-corrected chi connectivity index (χ4v) is 3.44. The summed E-state index contributed by atoms with van der Waals surface area (Å²) in [5.41, 5.74) is 5.87. The smallest absolute Gasteiger partial charge is 0.274 e. The van der Waals surface area contributed by atoms with Crippen LogP contribution in [0.15, 0.2) is 66.9 Å². The van der Waals surface area contributed by atoms with Gasteiger partial charge in [0.2, 0.25) is 0 Å². The molecule has 0 aliphatic carbocycles. The average Bonchev–Trinajstić information content (AvgIpc) is 2.84. The summed E-state index contributed by atoms with van der Waals surface area (Å²) in [6.45, 7) is 5.02. The van der Waals surface area contributed by atoms with Gasteiger partial charge < -0.3 is 9.47 Å². The molecule has 2 heterocycles. The third kappa shape index (κ3) is 5.67. The fraction of sp³-hybridized carbons (Fsp3) is 0.250. The van der Waals surface area contributed by atoms with Crippen molar-refractivity contribution >= 4 is 5.91 Å². The van der Waals surface area contributed by atoms with Crippen LogP contribution in [0.2, 0.25) is 0 Å². The molecule has 31 heavy (non-hydrogen) atoms. The van der Waals surface area contributed by atoms with Crippen molar-refractivity contribution in [1.29, 1.82) is 0 Å². The second-order valence-electron chi connectivity index (χ2n) is 7.39. The minimum atomic E-state index is -0.570. The normalized spacial score (nSPS) is 14.2. The van der Waals surface area contributed by atoms with Crippen LogP contribution in [0, 0.1) is 0 Å². The number of carbonyl (C=O) groups excluding carboxylic acids is 1. The SMILES string of the molecule is O=C(NO)c1ccnc(-c2ccc(OCc3ccc(CN4CCOCC4)cc3)cc2)c1. The zero-order chi connectivity index (χ0) is 21.5. The van der Waals surface area contributed by atoms with Crippen molar-refractivity contribution in [3.63, 3.8) is 0 Å². The number of morpholine rings is 1. The first kappa shape index (κ1) is 21.0. The standard InChI is InChI=1S/C24H25N3O4/c28-24(26-29)21-9-10-25-23(15-21)20-5-7-22(8-6-20)31-17-19-3-1-18(2-4-19)16-27-11-13-30-14-12-27/h1-10,15,29H,11-14,16-17H2,(H,26,28). The zero-order valence-corrected chi connectivity index (χ0v) is 17.2. The van der Waals surface area contributed by atoms with Crippen molar-refractivity contribution in [2.45, 2.75) is 13.2 Å². The van der Waals surface area contributed by atoms with Crippen LogP contribution < -0.4 is 10.2 Å². The molecule has 1 aromatic heterocycles. The molecule has 0 bridgehead atoms. The van der Waals surface area contributed by atoms with Gasteiger partial charge in [0.25, 0.3) is 5.91 Å². The maximum absolute atomic E-state index is 11.6. The molecule has 1 aliphatic heterocycles. The van der Waals surface area contributed by atoms with Crippen molar-refractivity contribution in [1.82, 2.24) is 15.4 Å². The van der Waals surface area contributed by atoms with E-state index in [-0.39, 0.29) is 0 Å². The predicted octanol–water partition coefficient (Wildman–Crippen LogP) is 3.28. The highest BCUT2D eigenvalue weighted by Gasteiger charge is 2.11. The van der Waals surface area contributed by atoms with Gasteiger partial charge in [-0.15, -0.1) is 0 Å². The summed E-state index contributed by atoms with van der Waals surface area (Å²) in [6.07, 6.45) is 1.53. The monoisotopic (exact) mass is 419 g/mol. The minimum absolute atomic E-state index is 0.338. The number of benzene rings is 2. The number of nitrogens with one attached hydrogen (secondary N) is 1. The second-order valence-corrected chi connectivity index (χ2v) is 7.39. The maximum atomic E-state index is 11.6. The Balaban J connectivity index is 1.32. The number of hydrogen-bond donors (Lipinski definition) is 2. The molecular formula is C24H25N3O4. The van der Waals surface area contributed by atoms with Gasteiger partial charge >= 0.3 is 0 Å². The number of pyridine rings is 1. The first-order chi connectivity index (χ1) is 15.2. The van der Waals surface area contributed by atoms with Crippen LogP contribution in [0.3, 0.4) is 0 Å². The molecule has 1 aliphatic rings. The predicted molar refractivity (Wildman–Crippen MR) is 116 cm³/mol. The largest absolute Gasteiger partial charge is 0.489 e. The van der Waals surface area contributed by atoms with Gasteiger partial charge in [-0.1, -0.05) is 24.3 Å². The van der Waals surface area contributed by atoms with E-state index in [9.17, 15) is 4.79 Å². The van der Waals surface area contributed by atoms with E-state index in [0.29, 0.717) is 17.9 Å². The third-order valence-electron chi connectivity index (χ3n) is 5.21. The van der Waals surface area contributed by atoms with E-state index in [4.69, 9.17) is 14.7 Å². The van der Waals surface area contributed by atoms with Crippen LogP contribution in [0.25, 0.3) is 11.3 Å². The summed E-state index contributed by atoms with van der Waals surface area (Å²) in [5.74, 6) is 0.185. The van der Waals surface area contributed by atoms with Gasteiger partial charge in [-0.05, 0) is 47.5 Å². The molecule has 2 N–H and O–H groups in total. The third-order valence-corrected chi connectivity index (χ3v) is 5.21. The molecule has 0 radical (unpaired) electrons. The van der Waals surface area contributed by atoms with Crippen molar-refractivity contribution in [3.8, 4) is 17.0 Å². The van der Waals surface area contributed by atoms with Crippen molar-refractivity contribution in [2.24, 2.45) is 0 Å². The number of nitrogens with zero attached hydrogens (tertiary/aromatic N) is 2. The summed E-state index contributed by atoms with van der Waals surface area (Å²) in [6, 6.07) is 19.2. The van der Waals surface area contributed by atoms with Crippen molar-refractivity contribution < 1.29 is 19.5 Å². The van der Waals surface area contributed by atoms with Crippen LogP contribution in [0.1, 0.15) is 21.5 Å². The molecule has 0 unspecified atom stereocenters.